The Morgan fingerprint density at radius 2 is 1.37 bits per heavy atom. The molecule has 0 N–H and O–H groups in total. The van der Waals surface area contributed by atoms with Gasteiger partial charge in [0.1, 0.15) is 0 Å². The van der Waals surface area contributed by atoms with Crippen LogP contribution in [-0.4, -0.2) is 14.8 Å². The molecule has 0 bridgehead atoms. The maximum absolute atomic E-state index is 4.86. The van der Waals surface area contributed by atoms with E-state index in [9.17, 15) is 0 Å². The maximum atomic E-state index is 4.86. The first-order valence-electron chi connectivity index (χ1n) is 9.29. The standard InChI is InChI=1S/C24H23N3/c1-18-14-19(2)27(26-18)24-13-6-10-21(17-24)16-23-12-7-11-22(25-23)15-20-8-4-3-5-9-20/h3-14,17H,15-16H2,1-2H3. The number of pyridine rings is 1. The number of hydrogen-bond acceptors (Lipinski definition) is 2. The molecule has 134 valence electrons. The maximum Gasteiger partial charge on any atom is 0.0651 e. The molecule has 0 saturated carbocycles. The molecule has 0 aliphatic carbocycles. The van der Waals surface area contributed by atoms with Crippen LogP contribution in [0.1, 0.15) is 33.9 Å². The zero-order valence-electron chi connectivity index (χ0n) is 15.8. The van der Waals surface area contributed by atoms with E-state index in [-0.39, 0.29) is 0 Å². The summed E-state index contributed by atoms with van der Waals surface area (Å²) >= 11 is 0. The molecule has 0 saturated heterocycles. The van der Waals surface area contributed by atoms with E-state index in [4.69, 9.17) is 4.98 Å². The van der Waals surface area contributed by atoms with Crippen molar-refractivity contribution in [3.8, 4) is 5.69 Å². The highest BCUT2D eigenvalue weighted by atomic mass is 15.3. The lowest BCUT2D eigenvalue weighted by atomic mass is 10.1. The fourth-order valence-electron chi connectivity index (χ4n) is 3.43. The van der Waals surface area contributed by atoms with Crippen molar-refractivity contribution in [3.63, 3.8) is 0 Å². The van der Waals surface area contributed by atoms with Crippen LogP contribution in [0.25, 0.3) is 5.69 Å². The molecule has 0 aliphatic heterocycles. The van der Waals surface area contributed by atoms with Crippen LogP contribution in [0.4, 0.5) is 0 Å². The van der Waals surface area contributed by atoms with Crippen molar-refractivity contribution in [3.05, 3.63) is 113 Å². The summed E-state index contributed by atoms with van der Waals surface area (Å²) in [6.07, 6.45) is 1.68. The Bertz CT molecular complexity index is 1050. The number of nitrogens with zero attached hydrogens (tertiary/aromatic N) is 3. The predicted molar refractivity (Wildman–Crippen MR) is 109 cm³/mol. The topological polar surface area (TPSA) is 30.7 Å². The van der Waals surface area contributed by atoms with Gasteiger partial charge in [-0.2, -0.15) is 5.10 Å². The van der Waals surface area contributed by atoms with E-state index in [1.165, 1.54) is 11.1 Å². The molecule has 2 aromatic carbocycles. The van der Waals surface area contributed by atoms with Crippen molar-refractivity contribution < 1.29 is 0 Å². The molecule has 0 aliphatic rings. The Balaban J connectivity index is 1.55. The fourth-order valence-corrected chi connectivity index (χ4v) is 3.43. The minimum absolute atomic E-state index is 0.815. The van der Waals surface area contributed by atoms with Gasteiger partial charge in [-0.25, -0.2) is 4.68 Å². The lowest BCUT2D eigenvalue weighted by Crippen LogP contribution is -2.01. The third-order valence-electron chi connectivity index (χ3n) is 4.64. The second-order valence-corrected chi connectivity index (χ2v) is 6.97. The Hall–Kier alpha value is -3.20. The normalized spacial score (nSPS) is 10.9. The summed E-state index contributed by atoms with van der Waals surface area (Å²) in [4.78, 5) is 4.86. The number of rotatable bonds is 5. The van der Waals surface area contributed by atoms with Gasteiger partial charge in [-0.05, 0) is 55.3 Å². The van der Waals surface area contributed by atoms with E-state index in [1.807, 2.05) is 17.7 Å². The summed E-state index contributed by atoms with van der Waals surface area (Å²) in [5.41, 5.74) is 8.00. The van der Waals surface area contributed by atoms with Crippen LogP contribution in [0, 0.1) is 13.8 Å². The molecule has 2 heterocycles. The van der Waals surface area contributed by atoms with Crippen LogP contribution in [0.3, 0.4) is 0 Å². The first-order valence-corrected chi connectivity index (χ1v) is 9.29. The summed E-state index contributed by atoms with van der Waals surface area (Å²) in [5, 5.41) is 4.59. The number of hydrogen-bond donors (Lipinski definition) is 0. The first kappa shape index (κ1) is 17.2. The van der Waals surface area contributed by atoms with Gasteiger partial charge < -0.3 is 0 Å². The monoisotopic (exact) mass is 353 g/mol. The van der Waals surface area contributed by atoms with Gasteiger partial charge in [-0.15, -0.1) is 0 Å². The molecule has 0 unspecified atom stereocenters. The molecule has 3 nitrogen and oxygen atoms in total. The smallest absolute Gasteiger partial charge is 0.0651 e. The summed E-state index contributed by atoms with van der Waals surface area (Å²) < 4.78 is 2.00. The molecule has 0 spiro atoms. The van der Waals surface area contributed by atoms with E-state index in [2.05, 4.69) is 84.8 Å². The third kappa shape index (κ3) is 4.14. The van der Waals surface area contributed by atoms with Crippen LogP contribution < -0.4 is 0 Å². The highest BCUT2D eigenvalue weighted by Gasteiger charge is 2.06. The summed E-state index contributed by atoms with van der Waals surface area (Å²) in [7, 11) is 0. The lowest BCUT2D eigenvalue weighted by Gasteiger charge is -2.08. The van der Waals surface area contributed by atoms with Gasteiger partial charge in [0, 0.05) is 29.9 Å². The molecule has 4 rings (SSSR count). The quantitative estimate of drug-likeness (QED) is 0.502. The van der Waals surface area contributed by atoms with Crippen molar-refractivity contribution in [2.75, 3.05) is 0 Å². The van der Waals surface area contributed by atoms with Crippen LogP contribution in [0.5, 0.6) is 0 Å². The SMILES string of the molecule is Cc1cc(C)n(-c2cccc(Cc3cccc(Cc4ccccc4)n3)c2)n1. The van der Waals surface area contributed by atoms with Crippen LogP contribution in [0.15, 0.2) is 78.9 Å². The van der Waals surface area contributed by atoms with Crippen molar-refractivity contribution in [1.29, 1.82) is 0 Å². The summed E-state index contributed by atoms with van der Waals surface area (Å²) in [6.45, 7) is 4.11. The largest absolute Gasteiger partial charge is 0.257 e. The second kappa shape index (κ2) is 7.58. The van der Waals surface area contributed by atoms with Crippen LogP contribution >= 0.6 is 0 Å². The fraction of sp³-hybridized carbons (Fsp3) is 0.167. The molecule has 0 fully saturated rings. The second-order valence-electron chi connectivity index (χ2n) is 6.97. The summed E-state index contributed by atoms with van der Waals surface area (Å²) in [5.74, 6) is 0. The molecular weight excluding hydrogens is 330 g/mol. The minimum Gasteiger partial charge on any atom is -0.257 e. The van der Waals surface area contributed by atoms with Gasteiger partial charge in [0.15, 0.2) is 0 Å². The van der Waals surface area contributed by atoms with Crippen LogP contribution in [0.2, 0.25) is 0 Å². The zero-order chi connectivity index (χ0) is 18.6. The number of benzene rings is 2. The Kier molecular flexibility index (Phi) is 4.84. The van der Waals surface area contributed by atoms with Gasteiger partial charge in [0.25, 0.3) is 0 Å². The van der Waals surface area contributed by atoms with Gasteiger partial charge in [-0.3, -0.25) is 4.98 Å². The highest BCUT2D eigenvalue weighted by molar-refractivity contribution is 5.38. The lowest BCUT2D eigenvalue weighted by molar-refractivity contribution is 0.831. The first-order chi connectivity index (χ1) is 13.2. The molecular formula is C24H23N3. The average Bonchev–Trinajstić information content (AvgIpc) is 3.01. The van der Waals surface area contributed by atoms with Gasteiger partial charge >= 0.3 is 0 Å². The Morgan fingerprint density at radius 1 is 0.704 bits per heavy atom. The molecule has 0 radical (unpaired) electrons. The third-order valence-corrected chi connectivity index (χ3v) is 4.64. The van der Waals surface area contributed by atoms with Crippen molar-refractivity contribution in [2.45, 2.75) is 26.7 Å². The van der Waals surface area contributed by atoms with E-state index < -0.39 is 0 Å². The van der Waals surface area contributed by atoms with E-state index >= 15 is 0 Å². The molecule has 3 heteroatoms. The van der Waals surface area contributed by atoms with E-state index in [0.29, 0.717) is 0 Å². The molecule has 0 amide bonds. The van der Waals surface area contributed by atoms with Crippen LogP contribution in [-0.2, 0) is 12.8 Å². The van der Waals surface area contributed by atoms with Gasteiger partial charge in [-0.1, -0.05) is 48.5 Å². The molecule has 4 aromatic rings. The van der Waals surface area contributed by atoms with Crippen molar-refractivity contribution >= 4 is 0 Å². The van der Waals surface area contributed by atoms with E-state index in [1.54, 1.807) is 0 Å². The van der Waals surface area contributed by atoms with Gasteiger partial charge in [0.2, 0.25) is 0 Å². The summed E-state index contributed by atoms with van der Waals surface area (Å²) in [6, 6.07) is 27.4. The predicted octanol–water partition coefficient (Wildman–Crippen LogP) is 5.07. The molecule has 2 aromatic heterocycles. The highest BCUT2D eigenvalue weighted by Crippen LogP contribution is 2.16. The van der Waals surface area contributed by atoms with E-state index in [0.717, 1.165) is 41.3 Å². The zero-order valence-corrected chi connectivity index (χ0v) is 15.8. The number of aryl methyl sites for hydroxylation is 2. The minimum atomic E-state index is 0.815. The Labute approximate surface area is 160 Å². The molecule has 0 atom stereocenters. The average molecular weight is 353 g/mol. The van der Waals surface area contributed by atoms with Gasteiger partial charge in [0.05, 0.1) is 11.4 Å². The Morgan fingerprint density at radius 3 is 2.07 bits per heavy atom. The van der Waals surface area contributed by atoms with Crippen molar-refractivity contribution in [1.82, 2.24) is 14.8 Å². The van der Waals surface area contributed by atoms with Crippen molar-refractivity contribution in [2.24, 2.45) is 0 Å². The molecule has 27 heavy (non-hydrogen) atoms. The number of aromatic nitrogens is 3.